The van der Waals surface area contributed by atoms with Gasteiger partial charge in [-0.3, -0.25) is 14.3 Å². The Bertz CT molecular complexity index is 1180. The molecule has 1 aromatic carbocycles. The van der Waals surface area contributed by atoms with Gasteiger partial charge in [0.15, 0.2) is 11.2 Å². The predicted octanol–water partition coefficient (Wildman–Crippen LogP) is 1.20. The number of hydrogen-bond acceptors (Lipinski definition) is 6. The second-order valence-corrected chi connectivity index (χ2v) is 7.80. The highest BCUT2D eigenvalue weighted by atomic mass is 16.5. The van der Waals surface area contributed by atoms with Crippen molar-refractivity contribution in [2.45, 2.75) is 37.8 Å². The Morgan fingerprint density at radius 3 is 2.97 bits per heavy atom. The molecule has 1 aliphatic heterocycles. The summed E-state index contributed by atoms with van der Waals surface area (Å²) in [6.45, 7) is 1.29. The van der Waals surface area contributed by atoms with Crippen LogP contribution in [0.3, 0.4) is 0 Å². The van der Waals surface area contributed by atoms with E-state index in [0.717, 1.165) is 25.1 Å². The molecule has 2 N–H and O–H groups in total. The number of aromatic amines is 1. The molecule has 0 spiro atoms. The average Bonchev–Trinajstić information content (AvgIpc) is 3.16. The Kier molecular flexibility index (Phi) is 4.43. The largest absolute Gasteiger partial charge is 0.496 e. The fourth-order valence-corrected chi connectivity index (χ4v) is 5.05. The number of nitrogens with zero attached hydrogens (tertiary/aromatic N) is 3. The number of aromatic nitrogens is 4. The van der Waals surface area contributed by atoms with Crippen LogP contribution in [0.4, 0.5) is 0 Å². The van der Waals surface area contributed by atoms with Crippen LogP contribution in [0.2, 0.25) is 0 Å². The van der Waals surface area contributed by atoms with Crippen LogP contribution in [0.1, 0.15) is 29.9 Å². The van der Waals surface area contributed by atoms with Crippen LogP contribution in [0.25, 0.3) is 11.2 Å². The first-order valence-corrected chi connectivity index (χ1v) is 10.0. The first-order valence-electron chi connectivity index (χ1n) is 10.0. The van der Waals surface area contributed by atoms with E-state index in [4.69, 9.17) is 4.74 Å². The number of methoxy groups -OCH3 is 1. The molecule has 29 heavy (non-hydrogen) atoms. The van der Waals surface area contributed by atoms with Crippen LogP contribution in [0.5, 0.6) is 5.75 Å². The van der Waals surface area contributed by atoms with Crippen molar-refractivity contribution in [1.82, 2.24) is 24.8 Å². The van der Waals surface area contributed by atoms with Crippen LogP contribution in [0.15, 0.2) is 40.2 Å². The van der Waals surface area contributed by atoms with Gasteiger partial charge in [0.2, 0.25) is 0 Å². The molecule has 0 saturated carbocycles. The van der Waals surface area contributed by atoms with Gasteiger partial charge in [-0.05, 0) is 48.9 Å². The van der Waals surface area contributed by atoms with E-state index < -0.39 is 11.2 Å². The van der Waals surface area contributed by atoms with Crippen molar-refractivity contribution in [3.63, 3.8) is 0 Å². The maximum atomic E-state index is 12.7. The molecular formula is C21H23N5O3. The minimum atomic E-state index is -0.441. The second-order valence-electron chi connectivity index (χ2n) is 7.80. The van der Waals surface area contributed by atoms with Crippen molar-refractivity contribution in [3.8, 4) is 5.75 Å². The van der Waals surface area contributed by atoms with Gasteiger partial charge in [-0.2, -0.15) is 0 Å². The first kappa shape index (κ1) is 18.1. The van der Waals surface area contributed by atoms with Crippen LogP contribution >= 0.6 is 0 Å². The highest BCUT2D eigenvalue weighted by Gasteiger charge is 2.40. The van der Waals surface area contributed by atoms with E-state index in [1.807, 2.05) is 12.1 Å². The van der Waals surface area contributed by atoms with Gasteiger partial charge in [0.05, 0.1) is 7.11 Å². The first-order chi connectivity index (χ1) is 14.2. The van der Waals surface area contributed by atoms with Crippen molar-refractivity contribution >= 4 is 11.2 Å². The summed E-state index contributed by atoms with van der Waals surface area (Å²) < 4.78 is 6.81. The third-order valence-electron chi connectivity index (χ3n) is 6.38. The van der Waals surface area contributed by atoms with E-state index >= 15 is 0 Å². The molecule has 2 aliphatic rings. The monoisotopic (exact) mass is 393 g/mol. The second kappa shape index (κ2) is 7.11. The molecule has 1 aliphatic carbocycles. The van der Waals surface area contributed by atoms with Gasteiger partial charge < -0.3 is 10.1 Å². The van der Waals surface area contributed by atoms with Crippen molar-refractivity contribution in [3.05, 3.63) is 62.6 Å². The molecule has 5 rings (SSSR count). The molecule has 1 fully saturated rings. The predicted molar refractivity (Wildman–Crippen MR) is 108 cm³/mol. The Hall–Kier alpha value is -3.00. The highest BCUT2D eigenvalue weighted by molar-refractivity contribution is 5.66. The fraction of sp³-hybridized carbons (Fsp3) is 0.429. The summed E-state index contributed by atoms with van der Waals surface area (Å²) in [4.78, 5) is 35.9. The summed E-state index contributed by atoms with van der Waals surface area (Å²) in [7, 11) is 1.72. The van der Waals surface area contributed by atoms with Gasteiger partial charge in [0.1, 0.15) is 5.75 Å². The van der Waals surface area contributed by atoms with Gasteiger partial charge in [0.25, 0.3) is 5.56 Å². The zero-order chi connectivity index (χ0) is 20.0. The number of benzene rings is 1. The van der Waals surface area contributed by atoms with Crippen molar-refractivity contribution in [1.29, 1.82) is 0 Å². The zero-order valence-corrected chi connectivity index (χ0v) is 16.2. The Morgan fingerprint density at radius 1 is 1.24 bits per heavy atom. The summed E-state index contributed by atoms with van der Waals surface area (Å²) in [5, 5.41) is 3.63. The summed E-state index contributed by atoms with van der Waals surface area (Å²) in [5.74, 6) is 1.88. The lowest BCUT2D eigenvalue weighted by molar-refractivity contribution is 0.371. The number of nitrogens with one attached hydrogen (secondary N) is 2. The third-order valence-corrected chi connectivity index (χ3v) is 6.38. The standard InChI is InChI=1S/C21H23N5O3/c1-29-16-4-2-3-14-13(16)6-5-12-11-24-15(17(12)14)7-10-26-20(27)18-19(25-21(26)28)23-9-8-22-18/h2-4,8-9,12,15,17,24H,5-7,10-11H2,1H3,(H,23,25,28). The summed E-state index contributed by atoms with van der Waals surface area (Å²) in [6, 6.07) is 6.47. The van der Waals surface area contributed by atoms with E-state index in [-0.39, 0.29) is 17.2 Å². The van der Waals surface area contributed by atoms with Gasteiger partial charge in [0, 0.05) is 30.9 Å². The smallest absolute Gasteiger partial charge is 0.330 e. The molecule has 3 unspecified atom stereocenters. The molecular weight excluding hydrogens is 370 g/mol. The Balaban J connectivity index is 1.44. The van der Waals surface area contributed by atoms with Crippen LogP contribution in [-0.4, -0.2) is 39.2 Å². The van der Waals surface area contributed by atoms with Gasteiger partial charge in [-0.25, -0.2) is 14.8 Å². The molecule has 0 radical (unpaired) electrons. The Labute approximate surface area is 167 Å². The summed E-state index contributed by atoms with van der Waals surface area (Å²) in [5.41, 5.74) is 2.21. The van der Waals surface area contributed by atoms with E-state index in [1.165, 1.54) is 28.1 Å². The molecule has 8 heteroatoms. The van der Waals surface area contributed by atoms with Gasteiger partial charge in [-0.1, -0.05) is 12.1 Å². The SMILES string of the molecule is COc1cccc2c1CCC1CNC(CCn3c(=O)[nH]c4nccnc4c3=O)C21. The summed E-state index contributed by atoms with van der Waals surface area (Å²) in [6.07, 6.45) is 5.75. The molecule has 1 saturated heterocycles. The minimum Gasteiger partial charge on any atom is -0.496 e. The normalized spacial score (nSPS) is 23.0. The van der Waals surface area contributed by atoms with Gasteiger partial charge >= 0.3 is 5.69 Å². The van der Waals surface area contributed by atoms with Gasteiger partial charge in [-0.15, -0.1) is 0 Å². The minimum absolute atomic E-state index is 0.192. The number of rotatable bonds is 4. The third kappa shape index (κ3) is 2.95. The quantitative estimate of drug-likeness (QED) is 0.691. The van der Waals surface area contributed by atoms with E-state index in [1.54, 1.807) is 7.11 Å². The topological polar surface area (TPSA) is 102 Å². The number of hydrogen-bond donors (Lipinski definition) is 2. The zero-order valence-electron chi connectivity index (χ0n) is 16.2. The molecule has 150 valence electrons. The van der Waals surface area contributed by atoms with Crippen LogP contribution in [-0.2, 0) is 13.0 Å². The molecule has 8 nitrogen and oxygen atoms in total. The lowest BCUT2D eigenvalue weighted by atomic mass is 9.73. The van der Waals surface area contributed by atoms with Crippen molar-refractivity contribution < 1.29 is 4.74 Å². The lowest BCUT2D eigenvalue weighted by Crippen LogP contribution is -2.38. The maximum absolute atomic E-state index is 12.7. The summed E-state index contributed by atoms with van der Waals surface area (Å²) >= 11 is 0. The Morgan fingerprint density at radius 2 is 2.10 bits per heavy atom. The lowest BCUT2D eigenvalue weighted by Gasteiger charge is -2.32. The average molecular weight is 393 g/mol. The van der Waals surface area contributed by atoms with Crippen molar-refractivity contribution in [2.75, 3.05) is 13.7 Å². The molecule has 3 heterocycles. The number of H-pyrrole nitrogens is 1. The molecule has 3 atom stereocenters. The fourth-order valence-electron chi connectivity index (χ4n) is 5.05. The van der Waals surface area contributed by atoms with Crippen LogP contribution in [0, 0.1) is 5.92 Å². The van der Waals surface area contributed by atoms with E-state index in [2.05, 4.69) is 26.3 Å². The molecule has 3 aromatic rings. The maximum Gasteiger partial charge on any atom is 0.330 e. The van der Waals surface area contributed by atoms with E-state index in [0.29, 0.717) is 24.8 Å². The number of fused-ring (bicyclic) bond motifs is 4. The van der Waals surface area contributed by atoms with Crippen LogP contribution < -0.4 is 21.3 Å². The molecule has 0 bridgehead atoms. The van der Waals surface area contributed by atoms with Crippen molar-refractivity contribution in [2.24, 2.45) is 5.92 Å². The number of ether oxygens (including phenoxy) is 1. The molecule has 0 amide bonds. The highest BCUT2D eigenvalue weighted by Crippen LogP contribution is 2.45. The molecule has 2 aromatic heterocycles. The van der Waals surface area contributed by atoms with E-state index in [9.17, 15) is 9.59 Å².